The maximum atomic E-state index is 12.5. The molecule has 52 valence electrons. The molecule has 0 spiro atoms. The van der Waals surface area contributed by atoms with Crippen molar-refractivity contribution in [1.82, 2.24) is 0 Å². The van der Waals surface area contributed by atoms with Gasteiger partial charge < -0.3 is 0 Å². The Morgan fingerprint density at radius 3 is 2.30 bits per heavy atom. The van der Waals surface area contributed by atoms with Crippen LogP contribution in [0.1, 0.15) is 5.56 Å². The maximum Gasteiger partial charge on any atom is 0.316 e. The van der Waals surface area contributed by atoms with Crippen LogP contribution in [-0.4, -0.2) is 23.1 Å². The molecule has 0 nitrogen and oxygen atoms in total. The van der Waals surface area contributed by atoms with Crippen LogP contribution in [0.5, 0.6) is 0 Å². The minimum absolute atomic E-state index is 0. The number of benzene rings is 1. The van der Waals surface area contributed by atoms with Crippen LogP contribution in [-0.2, 0) is 5.88 Å². The standard InChI is InChI=1S/C7H6ClF.Mg.2H/c8-5-6-3-1-2-4-7(6)9;;;/h1-4H,5H2;;;. The summed E-state index contributed by atoms with van der Waals surface area (Å²) < 4.78 is 12.5. The van der Waals surface area contributed by atoms with Gasteiger partial charge in [-0.05, 0) is 6.07 Å². The van der Waals surface area contributed by atoms with E-state index in [4.69, 9.17) is 11.6 Å². The minimum Gasteiger partial charge on any atom is -0.207 e. The van der Waals surface area contributed by atoms with Crippen molar-refractivity contribution >= 4 is 34.7 Å². The highest BCUT2D eigenvalue weighted by Gasteiger charge is 1.95. The molecule has 0 amide bonds. The molecule has 0 aliphatic carbocycles. The summed E-state index contributed by atoms with van der Waals surface area (Å²) in [6.45, 7) is 0. The van der Waals surface area contributed by atoms with Crippen LogP contribution in [0.15, 0.2) is 24.3 Å². The third-order valence-corrected chi connectivity index (χ3v) is 1.39. The Morgan fingerprint density at radius 2 is 1.90 bits per heavy atom. The first-order chi connectivity index (χ1) is 4.34. The van der Waals surface area contributed by atoms with Crippen molar-refractivity contribution in [1.29, 1.82) is 0 Å². The highest BCUT2D eigenvalue weighted by atomic mass is 35.5. The van der Waals surface area contributed by atoms with Gasteiger partial charge in [0.2, 0.25) is 0 Å². The first-order valence-electron chi connectivity index (χ1n) is 2.64. The number of rotatable bonds is 1. The van der Waals surface area contributed by atoms with Crippen molar-refractivity contribution in [2.24, 2.45) is 0 Å². The summed E-state index contributed by atoms with van der Waals surface area (Å²) in [6.07, 6.45) is 0. The highest BCUT2D eigenvalue weighted by Crippen LogP contribution is 2.07. The van der Waals surface area contributed by atoms with Gasteiger partial charge >= 0.3 is 23.1 Å². The van der Waals surface area contributed by atoms with Crippen LogP contribution in [0.2, 0.25) is 0 Å². The van der Waals surface area contributed by atoms with Crippen LogP contribution in [0.3, 0.4) is 0 Å². The summed E-state index contributed by atoms with van der Waals surface area (Å²) in [5.74, 6) is 0.0136. The summed E-state index contributed by atoms with van der Waals surface area (Å²) in [5, 5.41) is 0. The van der Waals surface area contributed by atoms with Crippen molar-refractivity contribution in [3.05, 3.63) is 35.6 Å². The lowest BCUT2D eigenvalue weighted by Crippen LogP contribution is -1.82. The molecule has 0 unspecified atom stereocenters. The van der Waals surface area contributed by atoms with E-state index in [-0.39, 0.29) is 34.8 Å². The molecule has 10 heavy (non-hydrogen) atoms. The molecule has 0 saturated heterocycles. The van der Waals surface area contributed by atoms with Gasteiger partial charge in [-0.1, -0.05) is 18.2 Å². The fraction of sp³-hybridized carbons (Fsp3) is 0.143. The fourth-order valence-electron chi connectivity index (χ4n) is 0.607. The average Bonchev–Trinajstić information content (AvgIpc) is 1.89. The summed E-state index contributed by atoms with van der Waals surface area (Å²) >= 11 is 5.39. The normalized spacial score (nSPS) is 8.60. The Kier molecular flexibility index (Phi) is 5.04. The second-order valence-electron chi connectivity index (χ2n) is 1.73. The molecule has 0 heterocycles. The monoisotopic (exact) mass is 170 g/mol. The van der Waals surface area contributed by atoms with E-state index in [0.29, 0.717) is 5.56 Å². The lowest BCUT2D eigenvalue weighted by molar-refractivity contribution is 0.617. The van der Waals surface area contributed by atoms with Crippen LogP contribution in [0.25, 0.3) is 0 Å². The molecule has 0 radical (unpaired) electrons. The Balaban J connectivity index is 0.000000810. The molecule has 0 fully saturated rings. The number of alkyl halides is 1. The van der Waals surface area contributed by atoms with Crippen molar-refractivity contribution in [2.45, 2.75) is 5.88 Å². The Labute approximate surface area is 80.5 Å². The zero-order valence-corrected chi connectivity index (χ0v) is 5.53. The number of halogens is 2. The zero-order chi connectivity index (χ0) is 6.69. The number of hydrogen-bond acceptors (Lipinski definition) is 0. The smallest absolute Gasteiger partial charge is 0.207 e. The molecular formula is C7H8ClFMg. The van der Waals surface area contributed by atoms with E-state index in [1.54, 1.807) is 18.2 Å². The molecular weight excluding hydrogens is 163 g/mol. The average molecular weight is 171 g/mol. The molecule has 0 saturated carbocycles. The molecule has 3 heteroatoms. The predicted octanol–water partition coefficient (Wildman–Crippen LogP) is 1.65. The summed E-state index contributed by atoms with van der Waals surface area (Å²) in [5.41, 5.74) is 0.555. The molecule has 1 aromatic rings. The third-order valence-electron chi connectivity index (χ3n) is 1.10. The third kappa shape index (κ3) is 2.44. The maximum absolute atomic E-state index is 12.5. The molecule has 0 bridgehead atoms. The van der Waals surface area contributed by atoms with Gasteiger partial charge in [0.05, 0.1) is 5.88 Å². The van der Waals surface area contributed by atoms with Crippen LogP contribution in [0.4, 0.5) is 4.39 Å². The highest BCUT2D eigenvalue weighted by molar-refractivity contribution is 6.17. The van der Waals surface area contributed by atoms with E-state index in [1.807, 2.05) is 0 Å². The van der Waals surface area contributed by atoms with Gasteiger partial charge in [0.1, 0.15) is 5.82 Å². The van der Waals surface area contributed by atoms with E-state index in [2.05, 4.69) is 0 Å². The van der Waals surface area contributed by atoms with Gasteiger partial charge in [0.15, 0.2) is 0 Å². The topological polar surface area (TPSA) is 0 Å². The van der Waals surface area contributed by atoms with Gasteiger partial charge in [-0.15, -0.1) is 11.6 Å². The first-order valence-corrected chi connectivity index (χ1v) is 3.17. The van der Waals surface area contributed by atoms with E-state index < -0.39 is 0 Å². The van der Waals surface area contributed by atoms with E-state index in [1.165, 1.54) is 6.07 Å². The van der Waals surface area contributed by atoms with Crippen molar-refractivity contribution in [3.8, 4) is 0 Å². The van der Waals surface area contributed by atoms with Crippen molar-refractivity contribution in [2.75, 3.05) is 0 Å². The Morgan fingerprint density at radius 1 is 1.30 bits per heavy atom. The predicted molar refractivity (Wildman–Crippen MR) is 44.5 cm³/mol. The van der Waals surface area contributed by atoms with Gasteiger partial charge in [0.25, 0.3) is 0 Å². The van der Waals surface area contributed by atoms with Gasteiger partial charge in [0, 0.05) is 5.56 Å². The van der Waals surface area contributed by atoms with Gasteiger partial charge in [-0.25, -0.2) is 4.39 Å². The molecule has 1 rings (SSSR count). The zero-order valence-electron chi connectivity index (χ0n) is 4.77. The van der Waals surface area contributed by atoms with Crippen molar-refractivity contribution in [3.63, 3.8) is 0 Å². The quantitative estimate of drug-likeness (QED) is 0.445. The molecule has 0 aliphatic heterocycles. The van der Waals surface area contributed by atoms with Crippen LogP contribution >= 0.6 is 11.6 Å². The van der Waals surface area contributed by atoms with Crippen LogP contribution in [0, 0.1) is 5.82 Å². The van der Waals surface area contributed by atoms with E-state index in [0.717, 1.165) is 0 Å². The fourth-order valence-corrected chi connectivity index (χ4v) is 0.824. The lowest BCUT2D eigenvalue weighted by atomic mass is 10.2. The summed E-state index contributed by atoms with van der Waals surface area (Å²) in [7, 11) is 0. The number of hydrogen-bond donors (Lipinski definition) is 0. The SMILES string of the molecule is Fc1ccccc1CCl.[MgH2]. The molecule has 0 aliphatic rings. The lowest BCUT2D eigenvalue weighted by Gasteiger charge is -1.93. The van der Waals surface area contributed by atoms with E-state index >= 15 is 0 Å². The molecule has 1 aromatic carbocycles. The molecule has 0 atom stereocenters. The Hall–Kier alpha value is 0.206. The summed E-state index contributed by atoms with van der Waals surface area (Å²) in [6, 6.07) is 6.48. The van der Waals surface area contributed by atoms with E-state index in [9.17, 15) is 4.39 Å². The minimum atomic E-state index is -0.229. The van der Waals surface area contributed by atoms with Gasteiger partial charge in [-0.3, -0.25) is 0 Å². The van der Waals surface area contributed by atoms with Crippen molar-refractivity contribution < 1.29 is 4.39 Å². The van der Waals surface area contributed by atoms with Gasteiger partial charge in [-0.2, -0.15) is 0 Å². The largest absolute Gasteiger partial charge is 0.316 e. The summed E-state index contributed by atoms with van der Waals surface area (Å²) in [4.78, 5) is 0. The molecule has 0 aromatic heterocycles. The molecule has 0 N–H and O–H groups in total. The van der Waals surface area contributed by atoms with Crippen LogP contribution < -0.4 is 0 Å². The first kappa shape index (κ1) is 10.2. The Bertz CT molecular complexity index is 203. The second-order valence-corrected chi connectivity index (χ2v) is 1.99. The second kappa shape index (κ2) is 4.94.